The first kappa shape index (κ1) is 12.8. The van der Waals surface area contributed by atoms with Crippen molar-refractivity contribution in [1.29, 1.82) is 0 Å². The average molecular weight is 263 g/mol. The zero-order valence-corrected chi connectivity index (χ0v) is 11.4. The van der Waals surface area contributed by atoms with E-state index in [0.29, 0.717) is 12.5 Å². The Morgan fingerprint density at radius 1 is 1.26 bits per heavy atom. The van der Waals surface area contributed by atoms with Crippen LogP contribution in [0, 0.1) is 0 Å². The van der Waals surface area contributed by atoms with Gasteiger partial charge in [0.25, 0.3) is 0 Å². The molecule has 0 amide bonds. The van der Waals surface area contributed by atoms with Crippen molar-refractivity contribution >= 4 is 5.82 Å². The first-order valence-corrected chi connectivity index (χ1v) is 7.17. The molecule has 1 saturated heterocycles. The fourth-order valence-corrected chi connectivity index (χ4v) is 2.56. The van der Waals surface area contributed by atoms with Crippen LogP contribution in [0.4, 0.5) is 5.82 Å². The number of rotatable bonds is 4. The Morgan fingerprint density at radius 3 is 3.00 bits per heavy atom. The van der Waals surface area contributed by atoms with Crippen LogP contribution < -0.4 is 5.32 Å². The highest BCUT2D eigenvalue weighted by molar-refractivity contribution is 5.47. The van der Waals surface area contributed by atoms with E-state index >= 15 is 0 Å². The van der Waals surface area contributed by atoms with Gasteiger partial charge in [0.15, 0.2) is 0 Å². The smallest absolute Gasteiger partial charge is 0.136 e. The molecule has 1 aromatic rings. The van der Waals surface area contributed by atoms with Crippen molar-refractivity contribution in [2.75, 3.05) is 31.7 Å². The van der Waals surface area contributed by atoms with Gasteiger partial charge in [0.1, 0.15) is 11.6 Å². The molecule has 1 unspecified atom stereocenters. The topological polar surface area (TPSA) is 56.3 Å². The van der Waals surface area contributed by atoms with Gasteiger partial charge in [-0.1, -0.05) is 6.92 Å². The van der Waals surface area contributed by atoms with Gasteiger partial charge < -0.3 is 14.8 Å². The number of nitrogens with one attached hydrogen (secondary N) is 1. The zero-order chi connectivity index (χ0) is 13.1. The summed E-state index contributed by atoms with van der Waals surface area (Å²) in [7, 11) is 0. The standard InChI is InChI=1S/C14H21N3O2/c1-2-5-15-14-11-9-19-7-4-12(11)16-13(17-14)10-3-6-18-8-10/h10H,2-9H2,1H3,(H,15,16,17). The maximum Gasteiger partial charge on any atom is 0.136 e. The van der Waals surface area contributed by atoms with Crippen LogP contribution in [0.1, 0.15) is 42.8 Å². The predicted molar refractivity (Wildman–Crippen MR) is 72.3 cm³/mol. The first-order valence-electron chi connectivity index (χ1n) is 7.17. The minimum Gasteiger partial charge on any atom is -0.381 e. The lowest BCUT2D eigenvalue weighted by Crippen LogP contribution is -2.19. The Bertz CT molecular complexity index is 445. The molecule has 0 bridgehead atoms. The normalized spacial score (nSPS) is 22.3. The van der Waals surface area contributed by atoms with E-state index < -0.39 is 0 Å². The van der Waals surface area contributed by atoms with Crippen LogP contribution in [-0.4, -0.2) is 36.3 Å². The predicted octanol–water partition coefficient (Wildman–Crippen LogP) is 1.88. The fourth-order valence-electron chi connectivity index (χ4n) is 2.56. The van der Waals surface area contributed by atoms with Crippen molar-refractivity contribution in [2.45, 2.75) is 38.7 Å². The van der Waals surface area contributed by atoms with Crippen molar-refractivity contribution in [3.63, 3.8) is 0 Å². The van der Waals surface area contributed by atoms with E-state index in [1.807, 2.05) is 0 Å². The molecule has 0 saturated carbocycles. The van der Waals surface area contributed by atoms with Crippen LogP contribution in [0.2, 0.25) is 0 Å². The van der Waals surface area contributed by atoms with Gasteiger partial charge in [-0.3, -0.25) is 0 Å². The summed E-state index contributed by atoms with van der Waals surface area (Å²) in [5.41, 5.74) is 2.30. The minimum absolute atomic E-state index is 0.357. The number of ether oxygens (including phenoxy) is 2. The van der Waals surface area contributed by atoms with E-state index in [1.54, 1.807) is 0 Å². The third-order valence-corrected chi connectivity index (χ3v) is 3.68. The van der Waals surface area contributed by atoms with Gasteiger partial charge >= 0.3 is 0 Å². The second kappa shape index (κ2) is 5.84. The molecule has 3 heterocycles. The van der Waals surface area contributed by atoms with Crippen molar-refractivity contribution in [3.8, 4) is 0 Å². The zero-order valence-electron chi connectivity index (χ0n) is 11.4. The largest absolute Gasteiger partial charge is 0.381 e. The molecule has 5 heteroatoms. The number of aromatic nitrogens is 2. The third-order valence-electron chi connectivity index (χ3n) is 3.68. The number of hydrogen-bond donors (Lipinski definition) is 1. The third kappa shape index (κ3) is 2.72. The Morgan fingerprint density at radius 2 is 2.21 bits per heavy atom. The Labute approximate surface area is 113 Å². The molecule has 1 N–H and O–H groups in total. The second-order valence-corrected chi connectivity index (χ2v) is 5.15. The average Bonchev–Trinajstić information content (AvgIpc) is 2.98. The molecular weight excluding hydrogens is 242 g/mol. The van der Waals surface area contributed by atoms with E-state index in [-0.39, 0.29) is 0 Å². The summed E-state index contributed by atoms with van der Waals surface area (Å²) in [6.45, 7) is 6.06. The minimum atomic E-state index is 0.357. The summed E-state index contributed by atoms with van der Waals surface area (Å²) in [5.74, 6) is 2.26. The van der Waals surface area contributed by atoms with Crippen LogP contribution in [0.3, 0.4) is 0 Å². The maximum absolute atomic E-state index is 5.54. The summed E-state index contributed by atoms with van der Waals surface area (Å²) in [6.07, 6.45) is 3.00. The highest BCUT2D eigenvalue weighted by Gasteiger charge is 2.25. The Balaban J connectivity index is 1.92. The Kier molecular flexibility index (Phi) is 3.94. The summed E-state index contributed by atoms with van der Waals surface area (Å²) in [4.78, 5) is 9.48. The van der Waals surface area contributed by atoms with Crippen LogP contribution in [0.5, 0.6) is 0 Å². The van der Waals surface area contributed by atoms with Gasteiger partial charge in [0.05, 0.1) is 25.5 Å². The lowest BCUT2D eigenvalue weighted by molar-refractivity contribution is 0.109. The molecule has 104 valence electrons. The van der Waals surface area contributed by atoms with Gasteiger partial charge in [-0.25, -0.2) is 9.97 Å². The van der Waals surface area contributed by atoms with Gasteiger partial charge in [-0.05, 0) is 12.8 Å². The summed E-state index contributed by atoms with van der Waals surface area (Å²) < 4.78 is 11.0. The number of nitrogens with zero attached hydrogens (tertiary/aromatic N) is 2. The molecule has 5 nitrogen and oxygen atoms in total. The van der Waals surface area contributed by atoms with Crippen molar-refractivity contribution < 1.29 is 9.47 Å². The van der Waals surface area contributed by atoms with E-state index in [1.165, 1.54) is 0 Å². The molecule has 0 spiro atoms. The monoisotopic (exact) mass is 263 g/mol. The van der Waals surface area contributed by atoms with Crippen LogP contribution >= 0.6 is 0 Å². The lowest BCUT2D eigenvalue weighted by Gasteiger charge is -2.21. The highest BCUT2D eigenvalue weighted by Crippen LogP contribution is 2.28. The van der Waals surface area contributed by atoms with E-state index in [4.69, 9.17) is 19.4 Å². The molecule has 2 aliphatic heterocycles. The summed E-state index contributed by atoms with van der Waals surface area (Å²) in [5, 5.41) is 3.41. The maximum atomic E-state index is 5.54. The van der Waals surface area contributed by atoms with Crippen LogP contribution in [0.25, 0.3) is 0 Å². The van der Waals surface area contributed by atoms with Gasteiger partial charge in [0, 0.05) is 31.1 Å². The number of anilines is 1. The van der Waals surface area contributed by atoms with Crippen molar-refractivity contribution in [2.24, 2.45) is 0 Å². The number of hydrogen-bond acceptors (Lipinski definition) is 5. The van der Waals surface area contributed by atoms with Gasteiger partial charge in [0.2, 0.25) is 0 Å². The second-order valence-electron chi connectivity index (χ2n) is 5.15. The summed E-state index contributed by atoms with van der Waals surface area (Å²) in [6, 6.07) is 0. The SMILES string of the molecule is CCCNc1nc(C2CCOC2)nc2c1COCC2. The summed E-state index contributed by atoms with van der Waals surface area (Å²) >= 11 is 0. The molecule has 1 aromatic heterocycles. The fraction of sp³-hybridized carbons (Fsp3) is 0.714. The molecule has 19 heavy (non-hydrogen) atoms. The van der Waals surface area contributed by atoms with Gasteiger partial charge in [-0.2, -0.15) is 0 Å². The number of fused-ring (bicyclic) bond motifs is 1. The molecule has 2 aliphatic rings. The van der Waals surface area contributed by atoms with E-state index in [0.717, 1.165) is 68.5 Å². The van der Waals surface area contributed by atoms with Gasteiger partial charge in [-0.15, -0.1) is 0 Å². The quantitative estimate of drug-likeness (QED) is 0.898. The Hall–Kier alpha value is -1.20. The molecule has 1 fully saturated rings. The molecule has 3 rings (SSSR count). The molecule has 1 atom stereocenters. The van der Waals surface area contributed by atoms with Crippen molar-refractivity contribution in [3.05, 3.63) is 17.1 Å². The molecule has 0 aliphatic carbocycles. The van der Waals surface area contributed by atoms with E-state index in [2.05, 4.69) is 12.2 Å². The molecule has 0 aromatic carbocycles. The van der Waals surface area contributed by atoms with E-state index in [9.17, 15) is 0 Å². The van der Waals surface area contributed by atoms with Crippen molar-refractivity contribution in [1.82, 2.24) is 9.97 Å². The molecular formula is C14H21N3O2. The first-order chi connectivity index (χ1) is 9.38. The molecule has 0 radical (unpaired) electrons. The van der Waals surface area contributed by atoms with Crippen LogP contribution in [0.15, 0.2) is 0 Å². The van der Waals surface area contributed by atoms with Crippen LogP contribution in [-0.2, 0) is 22.5 Å². The highest BCUT2D eigenvalue weighted by atomic mass is 16.5. The lowest BCUT2D eigenvalue weighted by atomic mass is 10.1.